The highest BCUT2D eigenvalue weighted by Gasteiger charge is 2.24. The van der Waals surface area contributed by atoms with Crippen molar-refractivity contribution in [3.05, 3.63) is 53.6 Å². The van der Waals surface area contributed by atoms with Crippen LogP contribution in [0.2, 0.25) is 0 Å². The molecule has 1 fully saturated rings. The Hall–Kier alpha value is -1.98. The summed E-state index contributed by atoms with van der Waals surface area (Å²) in [5, 5.41) is 0. The summed E-state index contributed by atoms with van der Waals surface area (Å²) in [5.41, 5.74) is 3.94. The molecule has 5 nitrogen and oxygen atoms in total. The molecule has 2 aromatic rings. The van der Waals surface area contributed by atoms with Gasteiger partial charge in [-0.3, -0.25) is 14.9 Å². The summed E-state index contributed by atoms with van der Waals surface area (Å²) < 4.78 is 11.4. The van der Waals surface area contributed by atoms with Gasteiger partial charge >= 0.3 is 0 Å². The van der Waals surface area contributed by atoms with E-state index < -0.39 is 0 Å². The van der Waals surface area contributed by atoms with Gasteiger partial charge in [0.1, 0.15) is 12.4 Å². The van der Waals surface area contributed by atoms with Gasteiger partial charge in [0.15, 0.2) is 0 Å². The zero-order chi connectivity index (χ0) is 16.2. The van der Waals surface area contributed by atoms with Crippen molar-refractivity contribution in [2.75, 3.05) is 26.3 Å². The van der Waals surface area contributed by atoms with Crippen molar-refractivity contribution in [1.29, 1.82) is 0 Å². The van der Waals surface area contributed by atoms with E-state index in [9.17, 15) is 0 Å². The first-order valence-electron chi connectivity index (χ1n) is 8.66. The highest BCUT2D eigenvalue weighted by molar-refractivity contribution is 5.34. The lowest BCUT2D eigenvalue weighted by atomic mass is 9.96. The van der Waals surface area contributed by atoms with Crippen molar-refractivity contribution in [1.82, 2.24) is 14.9 Å². The van der Waals surface area contributed by atoms with Crippen LogP contribution in [0, 0.1) is 5.92 Å². The SMILES string of the molecule is c1cncc(OCc2cncc3c2CCN(CC2CCOC2)C3)c1. The molecule has 1 atom stereocenters. The van der Waals surface area contributed by atoms with E-state index in [0.29, 0.717) is 12.5 Å². The molecule has 1 saturated heterocycles. The summed E-state index contributed by atoms with van der Waals surface area (Å²) in [6.45, 7) is 5.62. The molecule has 4 rings (SSSR count). The molecule has 4 heterocycles. The van der Waals surface area contributed by atoms with Crippen molar-refractivity contribution >= 4 is 0 Å². The first-order valence-corrected chi connectivity index (χ1v) is 8.66. The van der Waals surface area contributed by atoms with Crippen molar-refractivity contribution in [2.24, 2.45) is 5.92 Å². The second kappa shape index (κ2) is 7.28. The minimum atomic E-state index is 0.554. The van der Waals surface area contributed by atoms with Crippen LogP contribution >= 0.6 is 0 Å². The smallest absolute Gasteiger partial charge is 0.138 e. The third-order valence-electron chi connectivity index (χ3n) is 4.88. The molecule has 2 aromatic heterocycles. The second-order valence-corrected chi connectivity index (χ2v) is 6.63. The monoisotopic (exact) mass is 325 g/mol. The van der Waals surface area contributed by atoms with E-state index in [1.165, 1.54) is 23.1 Å². The second-order valence-electron chi connectivity index (χ2n) is 6.63. The Kier molecular flexibility index (Phi) is 4.71. The van der Waals surface area contributed by atoms with E-state index in [4.69, 9.17) is 9.47 Å². The molecule has 2 aliphatic rings. The molecule has 0 amide bonds. The number of pyridine rings is 2. The third-order valence-corrected chi connectivity index (χ3v) is 4.88. The van der Waals surface area contributed by atoms with Gasteiger partial charge < -0.3 is 9.47 Å². The van der Waals surface area contributed by atoms with Gasteiger partial charge in [-0.1, -0.05) is 0 Å². The number of nitrogens with zero attached hydrogens (tertiary/aromatic N) is 3. The third kappa shape index (κ3) is 3.57. The van der Waals surface area contributed by atoms with E-state index in [1.54, 1.807) is 12.4 Å². The van der Waals surface area contributed by atoms with E-state index in [2.05, 4.69) is 14.9 Å². The molecule has 126 valence electrons. The lowest BCUT2D eigenvalue weighted by molar-refractivity contribution is 0.161. The lowest BCUT2D eigenvalue weighted by Crippen LogP contribution is -2.35. The van der Waals surface area contributed by atoms with Crippen LogP contribution in [0.4, 0.5) is 0 Å². The van der Waals surface area contributed by atoms with E-state index >= 15 is 0 Å². The van der Waals surface area contributed by atoms with Crippen LogP contribution < -0.4 is 4.74 Å². The predicted molar refractivity (Wildman–Crippen MR) is 90.7 cm³/mol. The number of hydrogen-bond acceptors (Lipinski definition) is 5. The molecule has 0 N–H and O–H groups in total. The minimum Gasteiger partial charge on any atom is -0.487 e. The largest absolute Gasteiger partial charge is 0.487 e. The van der Waals surface area contributed by atoms with Gasteiger partial charge in [0, 0.05) is 50.4 Å². The minimum absolute atomic E-state index is 0.554. The van der Waals surface area contributed by atoms with E-state index in [1.807, 2.05) is 24.5 Å². The van der Waals surface area contributed by atoms with Crippen LogP contribution in [0.3, 0.4) is 0 Å². The summed E-state index contributed by atoms with van der Waals surface area (Å²) in [5.74, 6) is 1.49. The molecule has 0 radical (unpaired) electrons. The predicted octanol–water partition coefficient (Wildman–Crippen LogP) is 2.45. The number of ether oxygens (including phenoxy) is 2. The summed E-state index contributed by atoms with van der Waals surface area (Å²) in [6.07, 6.45) is 9.71. The van der Waals surface area contributed by atoms with Crippen molar-refractivity contribution in [2.45, 2.75) is 26.0 Å². The summed E-state index contributed by atoms with van der Waals surface area (Å²) in [7, 11) is 0. The van der Waals surface area contributed by atoms with Crippen molar-refractivity contribution in [3.8, 4) is 5.75 Å². The quantitative estimate of drug-likeness (QED) is 0.845. The molecule has 0 saturated carbocycles. The van der Waals surface area contributed by atoms with Crippen LogP contribution in [0.15, 0.2) is 36.9 Å². The zero-order valence-electron chi connectivity index (χ0n) is 13.9. The molecule has 0 bridgehead atoms. The van der Waals surface area contributed by atoms with Crippen LogP contribution in [0.1, 0.15) is 23.1 Å². The molecule has 24 heavy (non-hydrogen) atoms. The van der Waals surface area contributed by atoms with Crippen molar-refractivity contribution < 1.29 is 9.47 Å². The Balaban J connectivity index is 1.41. The van der Waals surface area contributed by atoms with Gasteiger partial charge in [0.2, 0.25) is 0 Å². The number of aromatic nitrogens is 2. The van der Waals surface area contributed by atoms with E-state index in [0.717, 1.165) is 45.0 Å². The average Bonchev–Trinajstić information content (AvgIpc) is 3.13. The molecule has 2 aliphatic heterocycles. The van der Waals surface area contributed by atoms with Crippen LogP contribution in [0.5, 0.6) is 5.75 Å². The number of hydrogen-bond donors (Lipinski definition) is 0. The summed E-state index contributed by atoms with van der Waals surface area (Å²) in [4.78, 5) is 11.1. The molecular formula is C19H23N3O2. The first-order chi connectivity index (χ1) is 11.9. The maximum absolute atomic E-state index is 5.86. The molecule has 1 unspecified atom stereocenters. The maximum atomic E-state index is 5.86. The van der Waals surface area contributed by atoms with Gasteiger partial charge in [-0.25, -0.2) is 0 Å². The van der Waals surface area contributed by atoms with Gasteiger partial charge in [-0.15, -0.1) is 0 Å². The van der Waals surface area contributed by atoms with Crippen LogP contribution in [0.25, 0.3) is 0 Å². The highest BCUT2D eigenvalue weighted by atomic mass is 16.5. The Labute approximate surface area is 142 Å². The van der Waals surface area contributed by atoms with Gasteiger partial charge in [-0.2, -0.15) is 0 Å². The topological polar surface area (TPSA) is 47.5 Å². The Morgan fingerprint density at radius 2 is 2.25 bits per heavy atom. The lowest BCUT2D eigenvalue weighted by Gasteiger charge is -2.31. The average molecular weight is 325 g/mol. The molecule has 5 heteroatoms. The Morgan fingerprint density at radius 3 is 3.08 bits per heavy atom. The normalized spacial score (nSPS) is 20.8. The van der Waals surface area contributed by atoms with Crippen molar-refractivity contribution in [3.63, 3.8) is 0 Å². The maximum Gasteiger partial charge on any atom is 0.138 e. The van der Waals surface area contributed by atoms with E-state index in [-0.39, 0.29) is 0 Å². The van der Waals surface area contributed by atoms with Gasteiger partial charge in [-0.05, 0) is 42.0 Å². The number of fused-ring (bicyclic) bond motifs is 1. The highest BCUT2D eigenvalue weighted by Crippen LogP contribution is 2.24. The fraction of sp³-hybridized carbons (Fsp3) is 0.474. The first kappa shape index (κ1) is 15.5. The Morgan fingerprint density at radius 1 is 1.25 bits per heavy atom. The summed E-state index contributed by atoms with van der Waals surface area (Å²) in [6, 6.07) is 3.82. The fourth-order valence-corrected chi connectivity index (χ4v) is 3.59. The van der Waals surface area contributed by atoms with Gasteiger partial charge in [0.25, 0.3) is 0 Å². The van der Waals surface area contributed by atoms with Crippen LogP contribution in [-0.2, 0) is 24.3 Å². The fourth-order valence-electron chi connectivity index (χ4n) is 3.59. The molecule has 0 aliphatic carbocycles. The van der Waals surface area contributed by atoms with Crippen LogP contribution in [-0.4, -0.2) is 41.2 Å². The summed E-state index contributed by atoms with van der Waals surface area (Å²) >= 11 is 0. The Bertz CT molecular complexity index is 672. The zero-order valence-corrected chi connectivity index (χ0v) is 13.9. The van der Waals surface area contributed by atoms with Gasteiger partial charge in [0.05, 0.1) is 12.8 Å². The standard InChI is InChI=1S/C19H23N3O2/c1-2-18(10-20-5-1)24-14-17-9-21-8-16-12-22(6-3-19(16)17)11-15-4-7-23-13-15/h1-2,5,8-10,15H,3-4,6-7,11-14H2. The molecule has 0 aromatic carbocycles. The number of rotatable bonds is 5. The molecule has 0 spiro atoms. The molecular weight excluding hydrogens is 302 g/mol.